The number of rotatable bonds is 2. The largest absolute Gasteiger partial charge is 0.344 e. The van der Waals surface area contributed by atoms with Gasteiger partial charge in [0.05, 0.1) is 0 Å². The fraction of sp³-hybridized carbons (Fsp3) is 0.800. The summed E-state index contributed by atoms with van der Waals surface area (Å²) < 4.78 is 0. The van der Waals surface area contributed by atoms with Crippen LogP contribution < -0.4 is 0 Å². The summed E-state index contributed by atoms with van der Waals surface area (Å²) in [4.78, 5) is 0. The molecule has 0 saturated heterocycles. The molecule has 0 heterocycles. The van der Waals surface area contributed by atoms with Crippen LogP contribution in [-0.2, 0) is 20.4 Å². The molecule has 0 aliphatic carbocycles. The van der Waals surface area contributed by atoms with E-state index in [1.165, 1.54) is 6.04 Å². The average molecular weight is 207 g/mol. The van der Waals surface area contributed by atoms with E-state index in [9.17, 15) is 0 Å². The Labute approximate surface area is 62.0 Å². The molecule has 1 radical (unpaired) electrons. The van der Waals surface area contributed by atoms with Crippen molar-refractivity contribution in [1.29, 1.82) is 0 Å². The molecule has 0 aliphatic heterocycles. The molecule has 0 bridgehead atoms. The molecule has 0 aromatic carbocycles. The van der Waals surface area contributed by atoms with E-state index in [0.29, 0.717) is 0 Å². The van der Waals surface area contributed by atoms with E-state index >= 15 is 0 Å². The third-order valence-electron chi connectivity index (χ3n) is 0.677. The zero-order valence-corrected chi connectivity index (χ0v) is 7.49. The number of hydrogen-bond acceptors (Lipinski definition) is 0. The quantitative estimate of drug-likeness (QED) is 0.479. The van der Waals surface area contributed by atoms with Crippen LogP contribution in [0.25, 0.3) is 0 Å². The van der Waals surface area contributed by atoms with Crippen molar-refractivity contribution in [3.8, 4) is 0 Å². The maximum atomic E-state index is 3.75. The van der Waals surface area contributed by atoms with E-state index in [2.05, 4.69) is 20.0 Å². The molecule has 0 fully saturated rings. The van der Waals surface area contributed by atoms with Crippen molar-refractivity contribution in [2.24, 2.45) is 0 Å². The molecular weight excluding hydrogens is 195 g/mol. The molecule has 7 heavy (non-hydrogen) atoms. The van der Waals surface area contributed by atoms with Crippen LogP contribution in [0, 0.1) is 6.92 Å². The SMILES string of the molecule is [CH2-]CC[Si](C)C.[Pd]. The first-order chi connectivity index (χ1) is 2.77. The predicted molar refractivity (Wildman–Crippen MR) is 32.3 cm³/mol. The first kappa shape index (κ1) is 10.8. The third-order valence-corrected chi connectivity index (χ3v) is 2.03. The van der Waals surface area contributed by atoms with Gasteiger partial charge in [-0.25, -0.2) is 0 Å². The fourth-order valence-electron chi connectivity index (χ4n) is 0.354. The second-order valence-electron chi connectivity index (χ2n) is 1.81. The third kappa shape index (κ3) is 10.9. The smallest absolute Gasteiger partial charge is 0.0387 e. The van der Waals surface area contributed by atoms with Crippen LogP contribution in [-0.4, -0.2) is 8.80 Å². The van der Waals surface area contributed by atoms with E-state index < -0.39 is 0 Å². The van der Waals surface area contributed by atoms with E-state index in [4.69, 9.17) is 0 Å². The minimum Gasteiger partial charge on any atom is -0.344 e. The van der Waals surface area contributed by atoms with Crippen LogP contribution in [0.15, 0.2) is 0 Å². The van der Waals surface area contributed by atoms with Crippen LogP contribution in [0.4, 0.5) is 0 Å². The van der Waals surface area contributed by atoms with Crippen LogP contribution in [0.5, 0.6) is 0 Å². The van der Waals surface area contributed by atoms with Crippen molar-refractivity contribution in [2.75, 3.05) is 0 Å². The van der Waals surface area contributed by atoms with Crippen LogP contribution in [0.3, 0.4) is 0 Å². The zero-order chi connectivity index (χ0) is 4.99. The van der Waals surface area contributed by atoms with Gasteiger partial charge in [0, 0.05) is 29.2 Å². The minimum absolute atomic E-state index is 0. The Balaban J connectivity index is 0. The van der Waals surface area contributed by atoms with Gasteiger partial charge in [-0.1, -0.05) is 19.1 Å². The summed E-state index contributed by atoms with van der Waals surface area (Å²) in [6.45, 7) is 8.38. The summed E-state index contributed by atoms with van der Waals surface area (Å²) >= 11 is 0. The van der Waals surface area contributed by atoms with E-state index in [-0.39, 0.29) is 29.2 Å². The summed E-state index contributed by atoms with van der Waals surface area (Å²) in [6.07, 6.45) is 1.13. The van der Waals surface area contributed by atoms with E-state index in [1.807, 2.05) is 0 Å². The van der Waals surface area contributed by atoms with Crippen molar-refractivity contribution in [3.63, 3.8) is 0 Å². The Bertz CT molecular complexity index is 29.3. The first-order valence-electron chi connectivity index (χ1n) is 2.35. The van der Waals surface area contributed by atoms with Crippen molar-refractivity contribution >= 4 is 8.80 Å². The summed E-state index contributed by atoms with van der Waals surface area (Å²) in [5.74, 6) is 0. The zero-order valence-electron chi connectivity index (χ0n) is 4.94. The second kappa shape index (κ2) is 6.88. The van der Waals surface area contributed by atoms with Gasteiger partial charge in [0.2, 0.25) is 0 Å². The molecule has 0 saturated carbocycles. The maximum absolute atomic E-state index is 3.75. The predicted octanol–water partition coefficient (Wildman–Crippen LogP) is 1.96. The van der Waals surface area contributed by atoms with Crippen molar-refractivity contribution in [3.05, 3.63) is 6.92 Å². The molecule has 0 unspecified atom stereocenters. The van der Waals surface area contributed by atoms with Gasteiger partial charge in [-0.2, -0.15) is 6.42 Å². The summed E-state index contributed by atoms with van der Waals surface area (Å²) in [7, 11) is 0.0520. The second-order valence-corrected chi connectivity index (χ2v) is 4.72. The molecular formula is C5H12PdSi-. The van der Waals surface area contributed by atoms with Crippen LogP contribution in [0.2, 0.25) is 19.1 Å². The summed E-state index contributed by atoms with van der Waals surface area (Å²) in [5, 5.41) is 0. The normalized spacial score (nSPS) is 8.57. The Kier molecular flexibility index (Phi) is 10.6. The first-order valence-corrected chi connectivity index (χ1v) is 5.06. The maximum Gasteiger partial charge on any atom is 0.0387 e. The molecule has 0 N–H and O–H groups in total. The van der Waals surface area contributed by atoms with E-state index in [0.717, 1.165) is 6.42 Å². The molecule has 0 rings (SSSR count). The molecule has 0 nitrogen and oxygen atoms in total. The van der Waals surface area contributed by atoms with Gasteiger partial charge >= 0.3 is 0 Å². The Morgan fingerprint density at radius 3 is 1.86 bits per heavy atom. The molecule has 0 aromatic heterocycles. The minimum atomic E-state index is 0. The molecule has 47 valence electrons. The molecule has 0 spiro atoms. The monoisotopic (exact) mass is 206 g/mol. The molecule has 0 amide bonds. The van der Waals surface area contributed by atoms with Crippen molar-refractivity contribution in [1.82, 2.24) is 0 Å². The van der Waals surface area contributed by atoms with Crippen molar-refractivity contribution < 1.29 is 20.4 Å². The standard InChI is InChI=1S/C5H12Si.Pd/c1-4-5-6(2)3;/h1,4-5H2,2-3H3;/q-1;. The van der Waals surface area contributed by atoms with Crippen molar-refractivity contribution in [2.45, 2.75) is 25.6 Å². The Morgan fingerprint density at radius 1 is 1.43 bits per heavy atom. The van der Waals surface area contributed by atoms with Gasteiger partial charge in [-0.05, 0) is 0 Å². The van der Waals surface area contributed by atoms with Gasteiger partial charge < -0.3 is 6.92 Å². The molecule has 2 heteroatoms. The van der Waals surface area contributed by atoms with Gasteiger partial charge in [0.15, 0.2) is 0 Å². The molecule has 0 aromatic rings. The Morgan fingerprint density at radius 2 is 1.86 bits per heavy atom. The van der Waals surface area contributed by atoms with E-state index in [1.54, 1.807) is 0 Å². The molecule has 0 atom stereocenters. The van der Waals surface area contributed by atoms with Gasteiger partial charge in [0.1, 0.15) is 0 Å². The topological polar surface area (TPSA) is 0 Å². The van der Waals surface area contributed by atoms with Gasteiger partial charge in [0.25, 0.3) is 0 Å². The Hall–Kier alpha value is 0.879. The summed E-state index contributed by atoms with van der Waals surface area (Å²) in [6, 6.07) is 1.37. The number of hydrogen-bond donors (Lipinski definition) is 0. The van der Waals surface area contributed by atoms with Crippen LogP contribution in [0.1, 0.15) is 6.42 Å². The van der Waals surface area contributed by atoms with Gasteiger partial charge in [-0.3, -0.25) is 0 Å². The average Bonchev–Trinajstić information content (AvgIpc) is 1.35. The van der Waals surface area contributed by atoms with Gasteiger partial charge in [-0.15, -0.1) is 0 Å². The van der Waals surface area contributed by atoms with Crippen LogP contribution >= 0.6 is 0 Å². The fourth-order valence-corrected chi connectivity index (χ4v) is 1.06. The molecule has 0 aliphatic rings. The summed E-state index contributed by atoms with van der Waals surface area (Å²) in [5.41, 5.74) is 0.